The molecule has 0 amide bonds. The van der Waals surface area contributed by atoms with Crippen molar-refractivity contribution in [3.05, 3.63) is 69.9 Å². The van der Waals surface area contributed by atoms with Gasteiger partial charge in [0.1, 0.15) is 0 Å². The maximum atomic E-state index is 13.1. The van der Waals surface area contributed by atoms with Crippen molar-refractivity contribution >= 4 is 38.3 Å². The Kier molecular flexibility index (Phi) is 5.21. The average Bonchev–Trinajstić information content (AvgIpc) is 2.71. The lowest BCUT2D eigenvalue weighted by molar-refractivity contribution is -0.383. The predicted octanol–water partition coefficient (Wildman–Crippen LogP) is 3.06. The number of benzene rings is 2. The van der Waals surface area contributed by atoms with Gasteiger partial charge in [-0.2, -0.15) is 0 Å². The van der Waals surface area contributed by atoms with E-state index in [2.05, 4.69) is 9.72 Å². The Morgan fingerprint density at radius 1 is 1.17 bits per heavy atom. The number of rotatable bonds is 5. The third-order valence-corrected chi connectivity index (χ3v) is 6.19. The van der Waals surface area contributed by atoms with Crippen LogP contribution in [0.2, 0.25) is 0 Å². The summed E-state index contributed by atoms with van der Waals surface area (Å²) >= 11 is 0. The highest BCUT2D eigenvalue weighted by Gasteiger charge is 2.27. The zero-order chi connectivity index (χ0) is 21.3. The summed E-state index contributed by atoms with van der Waals surface area (Å²) in [4.78, 5) is 26.9. The number of methoxy groups -OCH3 is 1. The summed E-state index contributed by atoms with van der Waals surface area (Å²) in [6, 6.07) is 11.7. The van der Waals surface area contributed by atoms with Gasteiger partial charge in [0.2, 0.25) is 0 Å². The minimum atomic E-state index is -4.00. The van der Waals surface area contributed by atoms with Gasteiger partial charge in [0.25, 0.3) is 15.7 Å². The topological polar surface area (TPSA) is 120 Å². The lowest BCUT2D eigenvalue weighted by Crippen LogP contribution is -2.27. The molecular weight excluding hydrogens is 398 g/mol. The Bertz CT molecular complexity index is 1220. The fourth-order valence-corrected chi connectivity index (χ4v) is 4.04. The molecule has 10 heteroatoms. The lowest BCUT2D eigenvalue weighted by Gasteiger charge is -2.21. The third-order valence-electron chi connectivity index (χ3n) is 4.41. The van der Waals surface area contributed by atoms with E-state index in [-0.39, 0.29) is 32.9 Å². The zero-order valence-corrected chi connectivity index (χ0v) is 16.6. The van der Waals surface area contributed by atoms with Gasteiger partial charge in [-0.1, -0.05) is 29.8 Å². The molecule has 29 heavy (non-hydrogen) atoms. The molecule has 0 unspecified atom stereocenters. The van der Waals surface area contributed by atoms with Crippen LogP contribution in [-0.2, 0) is 14.8 Å². The van der Waals surface area contributed by atoms with Gasteiger partial charge >= 0.3 is 5.97 Å². The van der Waals surface area contributed by atoms with E-state index in [0.717, 1.165) is 17.0 Å². The number of pyridine rings is 1. The second-order valence-electron chi connectivity index (χ2n) is 6.23. The highest BCUT2D eigenvalue weighted by atomic mass is 32.2. The van der Waals surface area contributed by atoms with E-state index in [1.54, 1.807) is 12.1 Å². The fraction of sp³-hybridized carbons (Fsp3) is 0.158. The SMILES string of the molecule is COC(=O)c1cc(N(C)S(=O)(=O)c2ccc(C)cc2)c2cccc([N+](=O)[O-])c2n1. The van der Waals surface area contributed by atoms with Gasteiger partial charge in [-0.05, 0) is 25.1 Å². The summed E-state index contributed by atoms with van der Waals surface area (Å²) in [5.74, 6) is -0.840. The number of hydrogen-bond donors (Lipinski definition) is 0. The van der Waals surface area contributed by atoms with E-state index in [1.807, 2.05) is 6.92 Å². The molecule has 0 aliphatic carbocycles. The smallest absolute Gasteiger partial charge is 0.356 e. The van der Waals surface area contributed by atoms with Gasteiger partial charge in [0, 0.05) is 18.5 Å². The van der Waals surface area contributed by atoms with Crippen molar-refractivity contribution in [3.8, 4) is 0 Å². The molecule has 3 rings (SSSR count). The van der Waals surface area contributed by atoms with Crippen molar-refractivity contribution in [1.29, 1.82) is 0 Å². The monoisotopic (exact) mass is 415 g/mol. The molecule has 0 spiro atoms. The first-order valence-corrected chi connectivity index (χ1v) is 9.83. The first kappa shape index (κ1) is 20.2. The Balaban J connectivity index is 2.29. The predicted molar refractivity (Wildman–Crippen MR) is 107 cm³/mol. The summed E-state index contributed by atoms with van der Waals surface area (Å²) < 4.78 is 31.9. The molecule has 150 valence electrons. The van der Waals surface area contributed by atoms with Crippen LogP contribution in [0.3, 0.4) is 0 Å². The van der Waals surface area contributed by atoms with Crippen LogP contribution in [0.4, 0.5) is 11.4 Å². The lowest BCUT2D eigenvalue weighted by atomic mass is 10.1. The van der Waals surface area contributed by atoms with E-state index >= 15 is 0 Å². The molecule has 2 aromatic carbocycles. The average molecular weight is 415 g/mol. The minimum absolute atomic E-state index is 0.0422. The number of aromatic nitrogens is 1. The van der Waals surface area contributed by atoms with Gasteiger partial charge in [0.15, 0.2) is 11.2 Å². The van der Waals surface area contributed by atoms with Crippen molar-refractivity contribution in [2.24, 2.45) is 0 Å². The molecule has 3 aromatic rings. The summed E-state index contributed by atoms with van der Waals surface area (Å²) in [5, 5.41) is 11.6. The van der Waals surface area contributed by atoms with Gasteiger partial charge in [-0.15, -0.1) is 0 Å². The van der Waals surface area contributed by atoms with Gasteiger partial charge in [-0.3, -0.25) is 14.4 Å². The quantitative estimate of drug-likeness (QED) is 0.357. The molecule has 1 heterocycles. The maximum Gasteiger partial charge on any atom is 0.356 e. The van der Waals surface area contributed by atoms with Crippen molar-refractivity contribution in [2.75, 3.05) is 18.5 Å². The molecular formula is C19H17N3O6S. The van der Waals surface area contributed by atoms with Crippen LogP contribution in [0.15, 0.2) is 53.4 Å². The summed E-state index contributed by atoms with van der Waals surface area (Å²) in [7, 11) is -1.55. The number of carbonyl (C=O) groups excluding carboxylic acids is 1. The van der Waals surface area contributed by atoms with Crippen LogP contribution in [0.25, 0.3) is 10.9 Å². The fourth-order valence-electron chi connectivity index (χ4n) is 2.83. The number of para-hydroxylation sites is 1. The molecule has 0 saturated heterocycles. The highest BCUT2D eigenvalue weighted by molar-refractivity contribution is 7.92. The van der Waals surface area contributed by atoms with Gasteiger partial charge < -0.3 is 4.74 Å². The second kappa shape index (κ2) is 7.47. The number of nitro benzene ring substituents is 1. The van der Waals surface area contributed by atoms with E-state index in [1.165, 1.54) is 43.4 Å². The Morgan fingerprint density at radius 2 is 1.83 bits per heavy atom. The number of hydrogen-bond acceptors (Lipinski definition) is 7. The standard InChI is InChI=1S/C19H17N3O6S/c1-12-7-9-13(10-8-12)29(26,27)21(2)17-11-15(19(23)28-3)20-18-14(17)5-4-6-16(18)22(24)25/h4-11H,1-3H3. The first-order chi connectivity index (χ1) is 13.7. The van der Waals surface area contributed by atoms with E-state index in [9.17, 15) is 23.3 Å². The largest absolute Gasteiger partial charge is 0.464 e. The number of ether oxygens (including phenoxy) is 1. The van der Waals surface area contributed by atoms with Crippen LogP contribution in [-0.4, -0.2) is 38.5 Å². The molecule has 0 bridgehead atoms. The van der Waals surface area contributed by atoms with E-state index < -0.39 is 20.9 Å². The Labute approximate surface area is 166 Å². The molecule has 0 aliphatic heterocycles. The van der Waals surface area contributed by atoms with Crippen LogP contribution in [0.5, 0.6) is 0 Å². The molecule has 9 nitrogen and oxygen atoms in total. The minimum Gasteiger partial charge on any atom is -0.464 e. The van der Waals surface area contributed by atoms with Crippen LogP contribution >= 0.6 is 0 Å². The number of aryl methyl sites for hydroxylation is 1. The van der Waals surface area contributed by atoms with Crippen molar-refractivity contribution < 1.29 is 22.9 Å². The van der Waals surface area contributed by atoms with Crippen LogP contribution in [0.1, 0.15) is 16.1 Å². The Morgan fingerprint density at radius 3 is 2.41 bits per heavy atom. The van der Waals surface area contributed by atoms with Gasteiger partial charge in [0.05, 0.1) is 22.6 Å². The Hall–Kier alpha value is -3.53. The number of esters is 1. The number of nitrogens with zero attached hydrogens (tertiary/aromatic N) is 3. The molecule has 0 aliphatic rings. The maximum absolute atomic E-state index is 13.1. The van der Waals surface area contributed by atoms with E-state index in [4.69, 9.17) is 0 Å². The highest BCUT2D eigenvalue weighted by Crippen LogP contribution is 2.34. The van der Waals surface area contributed by atoms with Crippen LogP contribution in [0, 0.1) is 17.0 Å². The number of nitro groups is 1. The number of carbonyl (C=O) groups is 1. The molecule has 0 fully saturated rings. The molecule has 0 atom stereocenters. The van der Waals surface area contributed by atoms with E-state index in [0.29, 0.717) is 0 Å². The summed E-state index contributed by atoms with van der Waals surface area (Å²) in [6.07, 6.45) is 0. The number of sulfonamides is 1. The number of non-ortho nitro benzene ring substituents is 1. The summed E-state index contributed by atoms with van der Waals surface area (Å²) in [5.41, 5.74) is 0.261. The molecule has 0 saturated carbocycles. The van der Waals surface area contributed by atoms with Crippen molar-refractivity contribution in [1.82, 2.24) is 4.98 Å². The van der Waals surface area contributed by atoms with Gasteiger partial charge in [-0.25, -0.2) is 18.2 Å². The molecule has 0 radical (unpaired) electrons. The van der Waals surface area contributed by atoms with Crippen molar-refractivity contribution in [2.45, 2.75) is 11.8 Å². The molecule has 1 aromatic heterocycles. The third kappa shape index (κ3) is 3.61. The number of anilines is 1. The van der Waals surface area contributed by atoms with Crippen molar-refractivity contribution in [3.63, 3.8) is 0 Å². The zero-order valence-electron chi connectivity index (χ0n) is 15.8. The normalized spacial score (nSPS) is 11.3. The number of fused-ring (bicyclic) bond motifs is 1. The molecule has 0 N–H and O–H groups in total. The van der Waals surface area contributed by atoms with Crippen LogP contribution < -0.4 is 4.31 Å². The summed E-state index contributed by atoms with van der Waals surface area (Å²) in [6.45, 7) is 1.83. The second-order valence-corrected chi connectivity index (χ2v) is 8.20. The first-order valence-electron chi connectivity index (χ1n) is 8.39.